The highest BCUT2D eigenvalue weighted by Gasteiger charge is 2.22. The summed E-state index contributed by atoms with van der Waals surface area (Å²) in [7, 11) is 0. The molecule has 5 heteroatoms. The van der Waals surface area contributed by atoms with Crippen LogP contribution in [0.25, 0.3) is 0 Å². The Morgan fingerprint density at radius 3 is 2.04 bits per heavy atom. The third kappa shape index (κ3) is 6.26. The van der Waals surface area contributed by atoms with Crippen LogP contribution in [0.4, 0.5) is 0 Å². The standard InChI is InChI=1S/C23H27N3O2/c1-19(2)26(17-21-11-7-4-8-12-21)23(28)22(15-24)18-25(13-14-27)16-20-9-5-3-6-10-20/h3-12,18-19,27H,13-14,16-17H2,1-2H3/b22-18-. The van der Waals surface area contributed by atoms with Crippen molar-refractivity contribution in [2.24, 2.45) is 0 Å². The summed E-state index contributed by atoms with van der Waals surface area (Å²) in [6.45, 7) is 5.10. The first-order chi connectivity index (χ1) is 13.5. The van der Waals surface area contributed by atoms with Gasteiger partial charge in [-0.1, -0.05) is 60.7 Å². The minimum absolute atomic E-state index is 0.0510. The van der Waals surface area contributed by atoms with Gasteiger partial charge in [-0.05, 0) is 25.0 Å². The molecule has 0 fully saturated rings. The predicted molar refractivity (Wildman–Crippen MR) is 110 cm³/mol. The Morgan fingerprint density at radius 2 is 1.57 bits per heavy atom. The van der Waals surface area contributed by atoms with Gasteiger partial charge < -0.3 is 14.9 Å². The quantitative estimate of drug-likeness (QED) is 0.538. The molecular weight excluding hydrogens is 350 g/mol. The van der Waals surface area contributed by atoms with Gasteiger partial charge in [-0.15, -0.1) is 0 Å². The van der Waals surface area contributed by atoms with Gasteiger partial charge in [-0.2, -0.15) is 5.26 Å². The monoisotopic (exact) mass is 377 g/mol. The van der Waals surface area contributed by atoms with Crippen LogP contribution in [-0.4, -0.2) is 40.0 Å². The molecule has 0 saturated heterocycles. The summed E-state index contributed by atoms with van der Waals surface area (Å²) < 4.78 is 0. The van der Waals surface area contributed by atoms with Gasteiger partial charge in [-0.3, -0.25) is 4.79 Å². The summed E-state index contributed by atoms with van der Waals surface area (Å²) in [5.41, 5.74) is 2.12. The van der Waals surface area contributed by atoms with Crippen molar-refractivity contribution < 1.29 is 9.90 Å². The highest BCUT2D eigenvalue weighted by Crippen LogP contribution is 2.14. The normalized spacial score (nSPS) is 11.2. The van der Waals surface area contributed by atoms with E-state index in [0.717, 1.165) is 11.1 Å². The first-order valence-electron chi connectivity index (χ1n) is 9.40. The first kappa shape index (κ1) is 21.2. The van der Waals surface area contributed by atoms with Gasteiger partial charge >= 0.3 is 0 Å². The largest absolute Gasteiger partial charge is 0.395 e. The molecule has 2 aromatic carbocycles. The van der Waals surface area contributed by atoms with Crippen LogP contribution in [0.2, 0.25) is 0 Å². The minimum Gasteiger partial charge on any atom is -0.395 e. The smallest absolute Gasteiger partial charge is 0.266 e. The summed E-state index contributed by atoms with van der Waals surface area (Å²) >= 11 is 0. The van der Waals surface area contributed by atoms with Crippen molar-refractivity contribution in [1.82, 2.24) is 9.80 Å². The average Bonchev–Trinajstić information content (AvgIpc) is 2.71. The molecule has 0 radical (unpaired) electrons. The maximum atomic E-state index is 13.1. The summed E-state index contributed by atoms with van der Waals surface area (Å²) in [5.74, 6) is -0.308. The van der Waals surface area contributed by atoms with Crippen LogP contribution in [0.1, 0.15) is 25.0 Å². The van der Waals surface area contributed by atoms with E-state index in [0.29, 0.717) is 19.6 Å². The van der Waals surface area contributed by atoms with Crippen molar-refractivity contribution in [2.45, 2.75) is 33.0 Å². The van der Waals surface area contributed by atoms with Crippen molar-refractivity contribution >= 4 is 5.91 Å². The summed E-state index contributed by atoms with van der Waals surface area (Å²) in [5, 5.41) is 19.0. The van der Waals surface area contributed by atoms with Crippen LogP contribution in [0.15, 0.2) is 72.4 Å². The van der Waals surface area contributed by atoms with Crippen LogP contribution >= 0.6 is 0 Å². The summed E-state index contributed by atoms with van der Waals surface area (Å²) in [6.07, 6.45) is 1.56. The molecule has 0 spiro atoms. The maximum Gasteiger partial charge on any atom is 0.266 e. The van der Waals surface area contributed by atoms with Crippen LogP contribution < -0.4 is 0 Å². The van der Waals surface area contributed by atoms with Gasteiger partial charge in [0.05, 0.1) is 6.61 Å². The van der Waals surface area contributed by atoms with E-state index in [4.69, 9.17) is 0 Å². The second kappa shape index (κ2) is 10.9. The van der Waals surface area contributed by atoms with E-state index < -0.39 is 0 Å². The highest BCUT2D eigenvalue weighted by molar-refractivity contribution is 5.97. The van der Waals surface area contributed by atoms with Gasteiger partial charge in [0, 0.05) is 31.9 Å². The zero-order valence-electron chi connectivity index (χ0n) is 16.5. The van der Waals surface area contributed by atoms with E-state index in [9.17, 15) is 15.2 Å². The fourth-order valence-electron chi connectivity index (χ4n) is 2.87. The number of carbonyl (C=O) groups excluding carboxylic acids is 1. The molecule has 0 bridgehead atoms. The molecule has 146 valence electrons. The Hall–Kier alpha value is -3.10. The molecule has 0 aliphatic heterocycles. The van der Waals surface area contributed by atoms with Gasteiger partial charge in [0.15, 0.2) is 0 Å². The molecular formula is C23H27N3O2. The fraction of sp³-hybridized carbons (Fsp3) is 0.304. The number of nitrogens with zero attached hydrogens (tertiary/aromatic N) is 3. The maximum absolute atomic E-state index is 13.1. The van der Waals surface area contributed by atoms with E-state index in [1.165, 1.54) is 0 Å². The molecule has 0 aromatic heterocycles. The molecule has 0 atom stereocenters. The topological polar surface area (TPSA) is 67.6 Å². The molecule has 5 nitrogen and oxygen atoms in total. The molecule has 0 aliphatic rings. The number of rotatable bonds is 9. The average molecular weight is 377 g/mol. The molecule has 0 saturated carbocycles. The number of nitriles is 1. The van der Waals surface area contributed by atoms with Crippen LogP contribution in [0, 0.1) is 11.3 Å². The van der Waals surface area contributed by atoms with E-state index in [1.54, 1.807) is 16.0 Å². The number of hydrogen-bond acceptors (Lipinski definition) is 4. The lowest BCUT2D eigenvalue weighted by molar-refractivity contribution is -0.129. The number of aliphatic hydroxyl groups is 1. The predicted octanol–water partition coefficient (Wildman–Crippen LogP) is 3.33. The first-order valence-corrected chi connectivity index (χ1v) is 9.40. The van der Waals surface area contributed by atoms with Crippen molar-refractivity contribution in [3.63, 3.8) is 0 Å². The molecule has 0 heterocycles. The minimum atomic E-state index is -0.308. The van der Waals surface area contributed by atoms with Crippen molar-refractivity contribution in [3.05, 3.63) is 83.6 Å². The van der Waals surface area contributed by atoms with Gasteiger partial charge in [0.2, 0.25) is 0 Å². The Bertz CT molecular complexity index is 811. The third-order valence-corrected chi connectivity index (χ3v) is 4.36. The number of carbonyl (C=O) groups is 1. The van der Waals surface area contributed by atoms with Crippen LogP contribution in [0.3, 0.4) is 0 Å². The molecule has 2 aromatic rings. The lowest BCUT2D eigenvalue weighted by Gasteiger charge is -2.27. The summed E-state index contributed by atoms with van der Waals surface area (Å²) in [6, 6.07) is 21.5. The number of benzene rings is 2. The molecule has 28 heavy (non-hydrogen) atoms. The molecule has 1 amide bonds. The Balaban J connectivity index is 2.22. The van der Waals surface area contributed by atoms with Crippen molar-refractivity contribution in [1.29, 1.82) is 5.26 Å². The van der Waals surface area contributed by atoms with E-state index >= 15 is 0 Å². The number of hydrogen-bond donors (Lipinski definition) is 1. The number of amides is 1. The SMILES string of the molecule is CC(C)N(Cc1ccccc1)C(=O)/C(C#N)=C\N(CCO)Cc1ccccc1. The third-order valence-electron chi connectivity index (χ3n) is 4.36. The second-order valence-electron chi connectivity index (χ2n) is 6.85. The van der Waals surface area contributed by atoms with Gasteiger partial charge in [-0.25, -0.2) is 0 Å². The van der Waals surface area contributed by atoms with E-state index in [-0.39, 0.29) is 24.1 Å². The van der Waals surface area contributed by atoms with Crippen molar-refractivity contribution in [2.75, 3.05) is 13.2 Å². The molecule has 2 rings (SSSR count). The molecule has 1 N–H and O–H groups in total. The van der Waals surface area contributed by atoms with Crippen LogP contribution in [-0.2, 0) is 17.9 Å². The second-order valence-corrected chi connectivity index (χ2v) is 6.85. The van der Waals surface area contributed by atoms with E-state index in [1.807, 2.05) is 80.6 Å². The summed E-state index contributed by atoms with van der Waals surface area (Å²) in [4.78, 5) is 16.5. The Morgan fingerprint density at radius 1 is 1.04 bits per heavy atom. The van der Waals surface area contributed by atoms with Crippen LogP contribution in [0.5, 0.6) is 0 Å². The Labute approximate surface area is 167 Å². The highest BCUT2D eigenvalue weighted by atomic mass is 16.3. The fourth-order valence-corrected chi connectivity index (χ4v) is 2.87. The van der Waals surface area contributed by atoms with Crippen molar-refractivity contribution in [3.8, 4) is 6.07 Å². The van der Waals surface area contributed by atoms with Gasteiger partial charge in [0.1, 0.15) is 11.6 Å². The number of aliphatic hydroxyl groups excluding tert-OH is 1. The molecule has 0 aliphatic carbocycles. The lowest BCUT2D eigenvalue weighted by atomic mass is 10.1. The lowest BCUT2D eigenvalue weighted by Crippen LogP contribution is -2.37. The zero-order chi connectivity index (χ0) is 20.4. The molecule has 0 unspecified atom stereocenters. The van der Waals surface area contributed by atoms with E-state index in [2.05, 4.69) is 0 Å². The van der Waals surface area contributed by atoms with Gasteiger partial charge in [0.25, 0.3) is 5.91 Å². The zero-order valence-corrected chi connectivity index (χ0v) is 16.5. The Kier molecular flexibility index (Phi) is 8.26.